The smallest absolute Gasteiger partial charge is 0.101 e. The van der Waals surface area contributed by atoms with Crippen LogP contribution in [0.3, 0.4) is 0 Å². The molecule has 13 heavy (non-hydrogen) atoms. The van der Waals surface area contributed by atoms with Gasteiger partial charge in [0, 0.05) is 0 Å². The molecule has 1 N–H and O–H groups in total. The van der Waals surface area contributed by atoms with E-state index in [1.54, 1.807) is 0 Å². The van der Waals surface area contributed by atoms with Crippen LogP contribution < -0.4 is 0 Å². The summed E-state index contributed by atoms with van der Waals surface area (Å²) < 4.78 is 0. The van der Waals surface area contributed by atoms with Crippen molar-refractivity contribution in [2.24, 2.45) is 0 Å². The zero-order chi connectivity index (χ0) is 9.10. The van der Waals surface area contributed by atoms with E-state index in [9.17, 15) is 5.11 Å². The summed E-state index contributed by atoms with van der Waals surface area (Å²) in [5.74, 6) is 0. The Labute approximate surface area is 78.0 Å². The van der Waals surface area contributed by atoms with Gasteiger partial charge in [0.05, 0.1) is 0 Å². The first-order valence-electron chi connectivity index (χ1n) is 4.46. The number of aliphatic hydroxyl groups excluding tert-OH is 1. The fourth-order valence-corrected chi connectivity index (χ4v) is 1.52. The second-order valence-electron chi connectivity index (χ2n) is 3.19. The van der Waals surface area contributed by atoms with Crippen LogP contribution >= 0.6 is 0 Å². The summed E-state index contributed by atoms with van der Waals surface area (Å²) in [7, 11) is 0. The third-order valence-electron chi connectivity index (χ3n) is 2.27. The van der Waals surface area contributed by atoms with Crippen LogP contribution in [0.4, 0.5) is 0 Å². The van der Waals surface area contributed by atoms with E-state index in [0.717, 1.165) is 17.6 Å². The van der Waals surface area contributed by atoms with E-state index in [4.69, 9.17) is 0 Å². The Balaban J connectivity index is 2.18. The van der Waals surface area contributed by atoms with Gasteiger partial charge in [0.15, 0.2) is 0 Å². The largest absolute Gasteiger partial charge is 0.384 e. The van der Waals surface area contributed by atoms with Gasteiger partial charge in [-0.2, -0.15) is 0 Å². The molecular formula is C12H12O. The second-order valence-corrected chi connectivity index (χ2v) is 3.19. The Hall–Kier alpha value is -1.34. The van der Waals surface area contributed by atoms with Crippen LogP contribution in [0.15, 0.2) is 54.1 Å². The molecule has 1 nitrogen and oxygen atoms in total. The maximum Gasteiger partial charge on any atom is 0.101 e. The number of hydrogen-bond acceptors (Lipinski definition) is 1. The number of benzene rings is 1. The van der Waals surface area contributed by atoms with E-state index in [2.05, 4.69) is 6.08 Å². The number of aliphatic hydroxyl groups is 1. The normalized spacial score (nSPS) is 17.2. The highest BCUT2D eigenvalue weighted by atomic mass is 16.3. The first-order chi connectivity index (χ1) is 6.38. The zero-order valence-electron chi connectivity index (χ0n) is 7.35. The average Bonchev–Trinajstić information content (AvgIpc) is 2.71. The molecule has 0 aromatic heterocycles. The Morgan fingerprint density at radius 1 is 1.15 bits per heavy atom. The molecule has 0 saturated heterocycles. The average molecular weight is 172 g/mol. The maximum atomic E-state index is 9.91. The van der Waals surface area contributed by atoms with Gasteiger partial charge < -0.3 is 5.11 Å². The molecule has 2 rings (SSSR count). The molecule has 0 bridgehead atoms. The molecule has 0 heterocycles. The summed E-state index contributed by atoms with van der Waals surface area (Å²) in [6.45, 7) is 0. The lowest BCUT2D eigenvalue weighted by molar-refractivity contribution is 0.214. The lowest BCUT2D eigenvalue weighted by Crippen LogP contribution is -1.99. The van der Waals surface area contributed by atoms with Crippen LogP contribution in [0.25, 0.3) is 0 Å². The van der Waals surface area contributed by atoms with Crippen LogP contribution in [0.5, 0.6) is 0 Å². The highest BCUT2D eigenvalue weighted by Crippen LogP contribution is 2.26. The topological polar surface area (TPSA) is 20.2 Å². The standard InChI is InChI=1S/C12H12O/c13-12(11-8-4-5-9-11)10-6-2-1-3-7-10/h1-8,12-13H,9H2. The molecule has 1 aliphatic carbocycles. The lowest BCUT2D eigenvalue weighted by atomic mass is 10.0. The third kappa shape index (κ3) is 1.70. The van der Waals surface area contributed by atoms with E-state index in [1.165, 1.54) is 0 Å². The highest BCUT2D eigenvalue weighted by molar-refractivity contribution is 5.32. The molecule has 1 atom stereocenters. The van der Waals surface area contributed by atoms with E-state index < -0.39 is 6.10 Å². The van der Waals surface area contributed by atoms with Crippen molar-refractivity contribution >= 4 is 0 Å². The van der Waals surface area contributed by atoms with Crippen molar-refractivity contribution in [2.45, 2.75) is 12.5 Å². The van der Waals surface area contributed by atoms with Gasteiger partial charge in [-0.05, 0) is 17.6 Å². The monoisotopic (exact) mass is 172 g/mol. The van der Waals surface area contributed by atoms with Gasteiger partial charge in [0.1, 0.15) is 6.10 Å². The molecule has 0 spiro atoms. The fourth-order valence-electron chi connectivity index (χ4n) is 1.52. The van der Waals surface area contributed by atoms with Crippen molar-refractivity contribution in [2.75, 3.05) is 0 Å². The van der Waals surface area contributed by atoms with E-state index in [0.29, 0.717) is 0 Å². The maximum absolute atomic E-state index is 9.91. The summed E-state index contributed by atoms with van der Waals surface area (Å²) in [4.78, 5) is 0. The van der Waals surface area contributed by atoms with Gasteiger partial charge in [-0.3, -0.25) is 0 Å². The Kier molecular flexibility index (Phi) is 2.28. The van der Waals surface area contributed by atoms with Gasteiger partial charge >= 0.3 is 0 Å². The number of rotatable bonds is 2. The van der Waals surface area contributed by atoms with Crippen LogP contribution in [-0.2, 0) is 0 Å². The molecule has 0 radical (unpaired) electrons. The summed E-state index contributed by atoms with van der Waals surface area (Å²) >= 11 is 0. The Morgan fingerprint density at radius 3 is 2.54 bits per heavy atom. The minimum atomic E-state index is -0.434. The molecule has 1 aromatic carbocycles. The summed E-state index contributed by atoms with van der Waals surface area (Å²) in [5, 5.41) is 9.91. The molecule has 1 aromatic rings. The SMILES string of the molecule is OC(C1=CC=CC1)c1ccccc1. The van der Waals surface area contributed by atoms with E-state index in [-0.39, 0.29) is 0 Å². The van der Waals surface area contributed by atoms with Crippen molar-refractivity contribution in [1.29, 1.82) is 0 Å². The van der Waals surface area contributed by atoms with Gasteiger partial charge in [0.25, 0.3) is 0 Å². The van der Waals surface area contributed by atoms with Crippen molar-refractivity contribution in [3.8, 4) is 0 Å². The quantitative estimate of drug-likeness (QED) is 0.727. The van der Waals surface area contributed by atoms with Crippen LogP contribution in [0.1, 0.15) is 18.1 Å². The van der Waals surface area contributed by atoms with Crippen molar-refractivity contribution in [3.05, 3.63) is 59.7 Å². The summed E-state index contributed by atoms with van der Waals surface area (Å²) in [6.07, 6.45) is 6.47. The predicted octanol–water partition coefficient (Wildman–Crippen LogP) is 2.61. The summed E-state index contributed by atoms with van der Waals surface area (Å²) in [5.41, 5.74) is 2.05. The van der Waals surface area contributed by atoms with Gasteiger partial charge in [-0.15, -0.1) is 0 Å². The first-order valence-corrected chi connectivity index (χ1v) is 4.46. The molecule has 0 fully saturated rings. The second kappa shape index (κ2) is 3.58. The van der Waals surface area contributed by atoms with Crippen molar-refractivity contribution in [1.82, 2.24) is 0 Å². The third-order valence-corrected chi connectivity index (χ3v) is 2.27. The van der Waals surface area contributed by atoms with Crippen LogP contribution in [0, 0.1) is 0 Å². The molecule has 1 unspecified atom stereocenters. The minimum absolute atomic E-state index is 0.434. The predicted molar refractivity (Wildman–Crippen MR) is 53.2 cm³/mol. The van der Waals surface area contributed by atoms with Gasteiger partial charge in [-0.1, -0.05) is 48.6 Å². The molecule has 0 aliphatic heterocycles. The molecule has 0 saturated carbocycles. The minimum Gasteiger partial charge on any atom is -0.384 e. The highest BCUT2D eigenvalue weighted by Gasteiger charge is 2.12. The first kappa shape index (κ1) is 8.27. The Morgan fingerprint density at radius 2 is 1.92 bits per heavy atom. The molecular weight excluding hydrogens is 160 g/mol. The molecule has 1 heteroatoms. The Bertz CT molecular complexity index is 335. The number of allylic oxidation sites excluding steroid dienone is 3. The van der Waals surface area contributed by atoms with Gasteiger partial charge in [0.2, 0.25) is 0 Å². The number of hydrogen-bond donors (Lipinski definition) is 1. The van der Waals surface area contributed by atoms with E-state index >= 15 is 0 Å². The van der Waals surface area contributed by atoms with Gasteiger partial charge in [-0.25, -0.2) is 0 Å². The zero-order valence-corrected chi connectivity index (χ0v) is 7.35. The summed E-state index contributed by atoms with van der Waals surface area (Å²) in [6, 6.07) is 9.74. The fraction of sp³-hybridized carbons (Fsp3) is 0.167. The van der Waals surface area contributed by atoms with Crippen LogP contribution in [0.2, 0.25) is 0 Å². The molecule has 1 aliphatic rings. The molecule has 66 valence electrons. The van der Waals surface area contributed by atoms with Crippen molar-refractivity contribution < 1.29 is 5.11 Å². The lowest BCUT2D eigenvalue weighted by Gasteiger charge is -2.11. The molecule has 0 amide bonds. The van der Waals surface area contributed by atoms with Crippen molar-refractivity contribution in [3.63, 3.8) is 0 Å². The van der Waals surface area contributed by atoms with Crippen LogP contribution in [-0.4, -0.2) is 5.11 Å². The van der Waals surface area contributed by atoms with E-state index in [1.807, 2.05) is 42.5 Å².